The third-order valence-corrected chi connectivity index (χ3v) is 6.02. The van der Waals surface area contributed by atoms with Gasteiger partial charge in [0.1, 0.15) is 12.6 Å². The van der Waals surface area contributed by atoms with Gasteiger partial charge in [0.05, 0.1) is 26.8 Å². The van der Waals surface area contributed by atoms with Crippen LogP contribution < -0.4 is 19.7 Å². The SMILES string of the molecule is CCC(=O)N[C@H](C)[C@@H]1c2cc(OC)c(OC)cc2CC[NH+]1Cc1ccccc1C. The number of hydrogen-bond donors (Lipinski definition) is 2. The predicted octanol–water partition coefficient (Wildman–Crippen LogP) is 2.61. The van der Waals surface area contributed by atoms with Crippen LogP contribution in [-0.4, -0.2) is 32.7 Å². The monoisotopic (exact) mass is 397 g/mol. The Morgan fingerprint density at radius 3 is 2.55 bits per heavy atom. The minimum Gasteiger partial charge on any atom is -0.493 e. The smallest absolute Gasteiger partial charge is 0.220 e. The van der Waals surface area contributed by atoms with E-state index in [0.29, 0.717) is 6.42 Å². The van der Waals surface area contributed by atoms with Crippen molar-refractivity contribution in [3.63, 3.8) is 0 Å². The molecule has 2 aromatic rings. The van der Waals surface area contributed by atoms with E-state index in [2.05, 4.69) is 55.6 Å². The Morgan fingerprint density at radius 1 is 1.21 bits per heavy atom. The van der Waals surface area contributed by atoms with Crippen molar-refractivity contribution in [2.24, 2.45) is 0 Å². The van der Waals surface area contributed by atoms with Gasteiger partial charge in [-0.25, -0.2) is 0 Å². The number of amides is 1. The molecule has 3 atom stereocenters. The summed E-state index contributed by atoms with van der Waals surface area (Å²) in [6.07, 6.45) is 1.46. The van der Waals surface area contributed by atoms with E-state index in [1.807, 2.05) is 6.92 Å². The molecule has 3 rings (SSSR count). The predicted molar refractivity (Wildman–Crippen MR) is 115 cm³/mol. The van der Waals surface area contributed by atoms with Crippen LogP contribution in [0.15, 0.2) is 36.4 Å². The van der Waals surface area contributed by atoms with Crippen molar-refractivity contribution in [1.29, 1.82) is 0 Å². The molecular formula is C24H33N2O3+. The first-order chi connectivity index (χ1) is 14.0. The molecule has 0 radical (unpaired) electrons. The zero-order valence-corrected chi connectivity index (χ0v) is 18.2. The second-order valence-corrected chi connectivity index (χ2v) is 7.85. The molecule has 1 amide bonds. The molecule has 0 bridgehead atoms. The summed E-state index contributed by atoms with van der Waals surface area (Å²) in [4.78, 5) is 13.6. The molecule has 0 saturated heterocycles. The molecule has 1 aliphatic rings. The highest BCUT2D eigenvalue weighted by Gasteiger charge is 2.37. The molecule has 156 valence electrons. The van der Waals surface area contributed by atoms with Crippen molar-refractivity contribution in [3.8, 4) is 11.5 Å². The van der Waals surface area contributed by atoms with Gasteiger partial charge in [0, 0.05) is 24.0 Å². The molecular weight excluding hydrogens is 364 g/mol. The fourth-order valence-electron chi connectivity index (χ4n) is 4.43. The van der Waals surface area contributed by atoms with Gasteiger partial charge in [-0.3, -0.25) is 4.79 Å². The van der Waals surface area contributed by atoms with Crippen molar-refractivity contribution in [2.45, 2.75) is 52.2 Å². The molecule has 29 heavy (non-hydrogen) atoms. The van der Waals surface area contributed by atoms with Crippen LogP contribution in [0.4, 0.5) is 0 Å². The number of aryl methyl sites for hydroxylation is 1. The topological polar surface area (TPSA) is 52.0 Å². The van der Waals surface area contributed by atoms with Crippen LogP contribution in [0.2, 0.25) is 0 Å². The van der Waals surface area contributed by atoms with Gasteiger partial charge >= 0.3 is 0 Å². The van der Waals surface area contributed by atoms with Crippen molar-refractivity contribution in [1.82, 2.24) is 5.32 Å². The molecule has 1 heterocycles. The van der Waals surface area contributed by atoms with E-state index in [0.717, 1.165) is 31.0 Å². The molecule has 5 nitrogen and oxygen atoms in total. The molecule has 0 aliphatic carbocycles. The summed E-state index contributed by atoms with van der Waals surface area (Å²) in [6, 6.07) is 12.9. The van der Waals surface area contributed by atoms with E-state index < -0.39 is 0 Å². The lowest BCUT2D eigenvalue weighted by Gasteiger charge is -2.38. The Morgan fingerprint density at radius 2 is 1.90 bits per heavy atom. The van der Waals surface area contributed by atoms with Crippen molar-refractivity contribution >= 4 is 5.91 Å². The fraction of sp³-hybridized carbons (Fsp3) is 0.458. The van der Waals surface area contributed by atoms with E-state index in [-0.39, 0.29) is 18.0 Å². The lowest BCUT2D eigenvalue weighted by atomic mass is 9.87. The minimum atomic E-state index is 0.0126. The third kappa shape index (κ3) is 4.56. The summed E-state index contributed by atoms with van der Waals surface area (Å²) >= 11 is 0. The second-order valence-electron chi connectivity index (χ2n) is 7.85. The van der Waals surface area contributed by atoms with Gasteiger partial charge in [-0.15, -0.1) is 0 Å². The average molecular weight is 398 g/mol. The van der Waals surface area contributed by atoms with E-state index in [4.69, 9.17) is 9.47 Å². The number of benzene rings is 2. The molecule has 0 spiro atoms. The third-order valence-electron chi connectivity index (χ3n) is 6.02. The maximum Gasteiger partial charge on any atom is 0.220 e. The molecule has 2 N–H and O–H groups in total. The lowest BCUT2D eigenvalue weighted by Crippen LogP contribution is -3.13. The van der Waals surface area contributed by atoms with Crippen molar-refractivity contribution in [3.05, 3.63) is 58.7 Å². The van der Waals surface area contributed by atoms with Crippen LogP contribution in [0.25, 0.3) is 0 Å². The van der Waals surface area contributed by atoms with Crippen LogP contribution in [0, 0.1) is 6.92 Å². The zero-order chi connectivity index (χ0) is 21.0. The summed E-state index contributed by atoms with van der Waals surface area (Å²) in [5, 5.41) is 3.20. The number of carbonyl (C=O) groups is 1. The van der Waals surface area contributed by atoms with Gasteiger partial charge in [-0.1, -0.05) is 31.2 Å². The number of carbonyl (C=O) groups excluding carboxylic acids is 1. The van der Waals surface area contributed by atoms with Crippen LogP contribution in [0.3, 0.4) is 0 Å². The number of ether oxygens (including phenoxy) is 2. The first kappa shape index (κ1) is 21.2. The van der Waals surface area contributed by atoms with Gasteiger partial charge in [0.2, 0.25) is 5.91 Å². The molecule has 0 fully saturated rings. The molecule has 1 aliphatic heterocycles. The zero-order valence-electron chi connectivity index (χ0n) is 18.2. The highest BCUT2D eigenvalue weighted by atomic mass is 16.5. The molecule has 5 heteroatoms. The van der Waals surface area contributed by atoms with Crippen LogP contribution in [-0.2, 0) is 17.8 Å². The standard InChI is InChI=1S/C24H32N2O3/c1-6-23(27)25-17(3)24-20-14-22(29-5)21(28-4)13-18(20)11-12-26(24)15-19-10-8-7-9-16(19)2/h7-10,13-14,17,24H,6,11-12,15H2,1-5H3,(H,25,27)/p+1/t17-,24-/m1/s1. The van der Waals surface area contributed by atoms with Gasteiger partial charge in [0.25, 0.3) is 0 Å². The molecule has 1 unspecified atom stereocenters. The Labute approximate surface area is 174 Å². The van der Waals surface area contributed by atoms with Crippen molar-refractivity contribution < 1.29 is 19.2 Å². The summed E-state index contributed by atoms with van der Waals surface area (Å²) in [7, 11) is 3.34. The van der Waals surface area contributed by atoms with Gasteiger partial charge in [0.15, 0.2) is 11.5 Å². The second kappa shape index (κ2) is 9.31. The van der Waals surface area contributed by atoms with Gasteiger partial charge in [-0.05, 0) is 37.1 Å². The number of methoxy groups -OCH3 is 2. The first-order valence-electron chi connectivity index (χ1n) is 10.4. The number of rotatable bonds is 7. The molecule has 0 aromatic heterocycles. The summed E-state index contributed by atoms with van der Waals surface area (Å²) in [6.45, 7) is 8.10. The first-order valence-corrected chi connectivity index (χ1v) is 10.4. The van der Waals surface area contributed by atoms with E-state index in [1.54, 1.807) is 14.2 Å². The van der Waals surface area contributed by atoms with Crippen LogP contribution in [0.1, 0.15) is 48.6 Å². The average Bonchev–Trinajstić information content (AvgIpc) is 2.73. The van der Waals surface area contributed by atoms with Gasteiger partial charge in [-0.2, -0.15) is 0 Å². The highest BCUT2D eigenvalue weighted by molar-refractivity contribution is 5.75. The van der Waals surface area contributed by atoms with E-state index in [9.17, 15) is 4.79 Å². The normalized spacial score (nSPS) is 19.2. The number of nitrogens with one attached hydrogen (secondary N) is 2. The summed E-state index contributed by atoms with van der Waals surface area (Å²) < 4.78 is 11.1. The van der Waals surface area contributed by atoms with Crippen LogP contribution >= 0.6 is 0 Å². The number of fused-ring (bicyclic) bond motifs is 1. The maximum absolute atomic E-state index is 12.2. The van der Waals surface area contributed by atoms with Gasteiger partial charge < -0.3 is 19.7 Å². The quantitative estimate of drug-likeness (QED) is 0.755. The minimum absolute atomic E-state index is 0.0126. The number of quaternary nitrogens is 1. The Balaban J connectivity index is 2.01. The fourth-order valence-corrected chi connectivity index (χ4v) is 4.43. The Kier molecular flexibility index (Phi) is 6.80. The lowest BCUT2D eigenvalue weighted by molar-refractivity contribution is -0.948. The van der Waals surface area contributed by atoms with E-state index in [1.165, 1.54) is 27.2 Å². The van der Waals surface area contributed by atoms with Crippen molar-refractivity contribution in [2.75, 3.05) is 20.8 Å². The van der Waals surface area contributed by atoms with E-state index >= 15 is 0 Å². The molecule has 0 saturated carbocycles. The molecule has 2 aromatic carbocycles. The Hall–Kier alpha value is -2.53. The Bertz CT molecular complexity index is 865. The number of hydrogen-bond acceptors (Lipinski definition) is 3. The van der Waals surface area contributed by atoms with Crippen LogP contribution in [0.5, 0.6) is 11.5 Å². The summed E-state index contributed by atoms with van der Waals surface area (Å²) in [5.74, 6) is 1.58. The largest absolute Gasteiger partial charge is 0.493 e. The highest BCUT2D eigenvalue weighted by Crippen LogP contribution is 2.35. The summed E-state index contributed by atoms with van der Waals surface area (Å²) in [5.41, 5.74) is 5.17. The maximum atomic E-state index is 12.2.